The number of nitrogens with two attached hydrogens (primary N) is 1. The third-order valence-electron chi connectivity index (χ3n) is 2.40. The minimum Gasteiger partial charge on any atom is -0.505 e. The van der Waals surface area contributed by atoms with Crippen molar-refractivity contribution < 1.29 is 5.11 Å². The quantitative estimate of drug-likeness (QED) is 0.485. The molecule has 0 heterocycles. The summed E-state index contributed by atoms with van der Waals surface area (Å²) in [6.45, 7) is 5.91. The molecule has 3 nitrogen and oxygen atoms in total. The molecule has 0 aliphatic carbocycles. The van der Waals surface area contributed by atoms with Crippen LogP contribution in [0.5, 0.6) is 5.75 Å². The predicted octanol–water partition coefficient (Wildman–Crippen LogP) is 3.05. The summed E-state index contributed by atoms with van der Waals surface area (Å²) in [5, 5.41) is 10.1. The second-order valence-electron chi connectivity index (χ2n) is 4.06. The zero-order valence-corrected chi connectivity index (χ0v) is 10.5. The number of rotatable bonds is 3. The van der Waals surface area contributed by atoms with Crippen LogP contribution in [0.25, 0.3) is 0 Å². The van der Waals surface area contributed by atoms with E-state index >= 15 is 0 Å². The summed E-state index contributed by atoms with van der Waals surface area (Å²) in [6.07, 6.45) is 0. The smallest absolute Gasteiger partial charge is 0.144 e. The number of phenolic OH excluding ortho intramolecular Hbond substituents is 1. The van der Waals surface area contributed by atoms with Crippen LogP contribution >= 0.6 is 11.6 Å². The van der Waals surface area contributed by atoms with Crippen LogP contribution in [0.2, 0.25) is 0 Å². The van der Waals surface area contributed by atoms with Crippen molar-refractivity contribution in [2.45, 2.75) is 26.7 Å². The molecule has 0 aromatic heterocycles. The van der Waals surface area contributed by atoms with Crippen LogP contribution in [-0.2, 0) is 0 Å². The Bertz CT molecular complexity index is 414. The average Bonchev–Trinajstić information content (AvgIpc) is 2.23. The molecule has 0 fully saturated rings. The molecule has 1 aromatic carbocycles. The van der Waals surface area contributed by atoms with Gasteiger partial charge in [-0.25, -0.2) is 4.99 Å². The van der Waals surface area contributed by atoms with Crippen molar-refractivity contribution in [2.24, 2.45) is 10.7 Å². The minimum atomic E-state index is 0.158. The summed E-state index contributed by atoms with van der Waals surface area (Å²) in [7, 11) is 0. The van der Waals surface area contributed by atoms with Gasteiger partial charge in [0.25, 0.3) is 0 Å². The normalized spacial score (nSPS) is 12.2. The fourth-order valence-electron chi connectivity index (χ4n) is 1.48. The van der Waals surface area contributed by atoms with E-state index < -0.39 is 0 Å². The largest absolute Gasteiger partial charge is 0.505 e. The van der Waals surface area contributed by atoms with Gasteiger partial charge < -0.3 is 10.8 Å². The Labute approximate surface area is 101 Å². The predicted molar refractivity (Wildman–Crippen MR) is 68.9 cm³/mol. The van der Waals surface area contributed by atoms with Gasteiger partial charge >= 0.3 is 0 Å². The summed E-state index contributed by atoms with van der Waals surface area (Å²) in [6, 6.07) is 3.83. The lowest BCUT2D eigenvalue weighted by molar-refractivity contribution is 0.466. The Balaban J connectivity index is 3.32. The number of phenols is 1. The Hall–Kier alpha value is -1.22. The van der Waals surface area contributed by atoms with E-state index in [2.05, 4.69) is 4.99 Å². The van der Waals surface area contributed by atoms with Crippen molar-refractivity contribution in [3.05, 3.63) is 23.3 Å². The van der Waals surface area contributed by atoms with Crippen LogP contribution in [0, 0.1) is 6.92 Å². The molecule has 0 saturated carbocycles. The van der Waals surface area contributed by atoms with Crippen molar-refractivity contribution in [3.8, 4) is 5.75 Å². The monoisotopic (exact) mass is 240 g/mol. The molecule has 1 rings (SSSR count). The van der Waals surface area contributed by atoms with Crippen molar-refractivity contribution in [2.75, 3.05) is 5.88 Å². The Morgan fingerprint density at radius 2 is 2.12 bits per heavy atom. The van der Waals surface area contributed by atoms with Gasteiger partial charge in [-0.1, -0.05) is 26.0 Å². The second-order valence-corrected chi connectivity index (χ2v) is 4.33. The first kappa shape index (κ1) is 12.8. The van der Waals surface area contributed by atoms with Gasteiger partial charge in [0.15, 0.2) is 0 Å². The highest BCUT2D eigenvalue weighted by molar-refractivity contribution is 6.28. The Morgan fingerprint density at radius 1 is 1.50 bits per heavy atom. The van der Waals surface area contributed by atoms with Crippen LogP contribution < -0.4 is 5.73 Å². The van der Waals surface area contributed by atoms with E-state index in [-0.39, 0.29) is 17.5 Å². The summed E-state index contributed by atoms with van der Waals surface area (Å²) in [4.78, 5) is 4.13. The van der Waals surface area contributed by atoms with Gasteiger partial charge in [-0.05, 0) is 24.0 Å². The highest BCUT2D eigenvalue weighted by Crippen LogP contribution is 2.37. The maximum absolute atomic E-state index is 10.1. The maximum Gasteiger partial charge on any atom is 0.144 e. The number of benzene rings is 1. The number of hydrogen-bond acceptors (Lipinski definition) is 2. The van der Waals surface area contributed by atoms with Crippen LogP contribution in [0.1, 0.15) is 30.9 Å². The van der Waals surface area contributed by atoms with E-state index in [4.69, 9.17) is 17.3 Å². The third kappa shape index (κ3) is 2.67. The molecule has 0 radical (unpaired) electrons. The number of halogens is 1. The number of aromatic hydroxyl groups is 1. The van der Waals surface area contributed by atoms with Gasteiger partial charge in [-0.15, -0.1) is 11.6 Å². The molecule has 4 heteroatoms. The minimum absolute atomic E-state index is 0.158. The number of aryl methyl sites for hydroxylation is 1. The average molecular weight is 241 g/mol. The molecule has 0 atom stereocenters. The fourth-order valence-corrected chi connectivity index (χ4v) is 1.54. The molecule has 0 bridgehead atoms. The number of amidine groups is 1. The molecule has 0 spiro atoms. The van der Waals surface area contributed by atoms with E-state index in [0.717, 1.165) is 11.1 Å². The van der Waals surface area contributed by atoms with Crippen LogP contribution in [0.3, 0.4) is 0 Å². The molecule has 3 N–H and O–H groups in total. The number of nitrogens with zero attached hydrogens (tertiary/aromatic N) is 1. The van der Waals surface area contributed by atoms with E-state index in [1.165, 1.54) is 0 Å². The van der Waals surface area contributed by atoms with Gasteiger partial charge in [0.05, 0.1) is 5.88 Å². The first-order valence-corrected chi connectivity index (χ1v) is 5.72. The van der Waals surface area contributed by atoms with Crippen molar-refractivity contribution in [1.29, 1.82) is 0 Å². The molecule has 1 aromatic rings. The van der Waals surface area contributed by atoms with Gasteiger partial charge in [0, 0.05) is 0 Å². The van der Waals surface area contributed by atoms with Gasteiger partial charge in [-0.3, -0.25) is 0 Å². The molecule has 0 aliphatic heterocycles. The molecular weight excluding hydrogens is 224 g/mol. The fraction of sp³-hybridized carbons (Fsp3) is 0.417. The SMILES string of the molecule is Cc1ccc(C(C)C)c(O)c1N=C(N)CCl. The second kappa shape index (κ2) is 5.21. The molecular formula is C12H17ClN2O. The van der Waals surface area contributed by atoms with Gasteiger partial charge in [0.1, 0.15) is 17.3 Å². The van der Waals surface area contributed by atoms with E-state index in [1.807, 2.05) is 32.9 Å². The van der Waals surface area contributed by atoms with E-state index in [9.17, 15) is 5.11 Å². The number of hydrogen-bond donors (Lipinski definition) is 2. The zero-order valence-electron chi connectivity index (χ0n) is 9.79. The van der Waals surface area contributed by atoms with Crippen LogP contribution in [0.15, 0.2) is 17.1 Å². The molecule has 0 aliphatic rings. The number of alkyl halides is 1. The van der Waals surface area contributed by atoms with Crippen LogP contribution in [0.4, 0.5) is 5.69 Å². The molecule has 88 valence electrons. The van der Waals surface area contributed by atoms with E-state index in [0.29, 0.717) is 11.5 Å². The third-order valence-corrected chi connectivity index (χ3v) is 2.67. The number of aliphatic imine (C=N–C) groups is 1. The van der Waals surface area contributed by atoms with Crippen LogP contribution in [-0.4, -0.2) is 16.8 Å². The zero-order chi connectivity index (χ0) is 12.3. The van der Waals surface area contributed by atoms with Crippen molar-refractivity contribution in [1.82, 2.24) is 0 Å². The molecule has 0 unspecified atom stereocenters. The molecule has 0 amide bonds. The Morgan fingerprint density at radius 3 is 2.62 bits per heavy atom. The molecule has 16 heavy (non-hydrogen) atoms. The van der Waals surface area contributed by atoms with Gasteiger partial charge in [0.2, 0.25) is 0 Å². The highest BCUT2D eigenvalue weighted by atomic mass is 35.5. The van der Waals surface area contributed by atoms with Crippen molar-refractivity contribution >= 4 is 23.1 Å². The van der Waals surface area contributed by atoms with Gasteiger partial charge in [-0.2, -0.15) is 0 Å². The lowest BCUT2D eigenvalue weighted by Crippen LogP contribution is -2.12. The lowest BCUT2D eigenvalue weighted by Gasteiger charge is -2.12. The van der Waals surface area contributed by atoms with E-state index in [1.54, 1.807) is 0 Å². The lowest BCUT2D eigenvalue weighted by atomic mass is 9.99. The highest BCUT2D eigenvalue weighted by Gasteiger charge is 2.12. The maximum atomic E-state index is 10.1. The summed E-state index contributed by atoms with van der Waals surface area (Å²) >= 11 is 5.57. The van der Waals surface area contributed by atoms with Crippen molar-refractivity contribution in [3.63, 3.8) is 0 Å². The summed E-state index contributed by atoms with van der Waals surface area (Å²) < 4.78 is 0. The Kier molecular flexibility index (Phi) is 4.19. The molecule has 0 saturated heterocycles. The summed E-state index contributed by atoms with van der Waals surface area (Å²) in [5.41, 5.74) is 7.85. The standard InChI is InChI=1S/C12H17ClN2O/c1-7(2)9-5-4-8(3)11(12(9)16)15-10(14)6-13/h4-5,7,16H,6H2,1-3H3,(H2,14,15). The first-order chi connectivity index (χ1) is 7.47. The summed E-state index contributed by atoms with van der Waals surface area (Å²) in [5.74, 6) is 0.904. The topological polar surface area (TPSA) is 58.6 Å². The first-order valence-electron chi connectivity index (χ1n) is 5.18.